The second kappa shape index (κ2) is 11.9. The number of aryl methyl sites for hydroxylation is 1. The molecule has 4 aromatic carbocycles. The molecule has 0 radical (unpaired) electrons. The molecule has 0 saturated heterocycles. The van der Waals surface area contributed by atoms with Crippen molar-refractivity contribution >= 4 is 34.3 Å². The minimum absolute atomic E-state index is 0.0255. The second-order valence-corrected chi connectivity index (χ2v) is 10.9. The Kier molecular flexibility index (Phi) is 7.74. The van der Waals surface area contributed by atoms with Gasteiger partial charge in [0, 0.05) is 13.1 Å². The first-order valence-electron chi connectivity index (χ1n) is 13.6. The largest absolute Gasteiger partial charge is 0.495 e. The molecule has 0 aliphatic rings. The third kappa shape index (κ3) is 5.38. The van der Waals surface area contributed by atoms with E-state index in [1.54, 1.807) is 13.2 Å². The van der Waals surface area contributed by atoms with Crippen LogP contribution in [0.1, 0.15) is 16.7 Å². The van der Waals surface area contributed by atoms with Crippen molar-refractivity contribution in [1.29, 1.82) is 0 Å². The van der Waals surface area contributed by atoms with Gasteiger partial charge in [0.05, 0.1) is 29.5 Å². The summed E-state index contributed by atoms with van der Waals surface area (Å²) < 4.78 is 8.98. The first-order chi connectivity index (χ1) is 20.5. The van der Waals surface area contributed by atoms with Gasteiger partial charge in [-0.25, -0.2) is 4.57 Å². The molecule has 6 rings (SSSR count). The Bertz CT molecular complexity index is 1900. The average Bonchev–Trinajstić information content (AvgIpc) is 3.44. The summed E-state index contributed by atoms with van der Waals surface area (Å²) in [6, 6.07) is 33.0. The highest BCUT2D eigenvalue weighted by Crippen LogP contribution is 2.28. The number of carbonyl (C=O) groups is 1. The van der Waals surface area contributed by atoms with E-state index in [-0.39, 0.29) is 17.2 Å². The van der Waals surface area contributed by atoms with E-state index < -0.39 is 0 Å². The van der Waals surface area contributed by atoms with Gasteiger partial charge in [-0.3, -0.25) is 14.0 Å². The highest BCUT2D eigenvalue weighted by Gasteiger charge is 2.22. The molecule has 0 saturated carbocycles. The maximum absolute atomic E-state index is 13.8. The van der Waals surface area contributed by atoms with Gasteiger partial charge in [-0.2, -0.15) is 0 Å². The van der Waals surface area contributed by atoms with Crippen LogP contribution >= 0.6 is 11.8 Å². The number of aromatic nitrogens is 4. The van der Waals surface area contributed by atoms with E-state index in [0.29, 0.717) is 46.4 Å². The monoisotopic (exact) mass is 575 g/mol. The van der Waals surface area contributed by atoms with Crippen LogP contribution in [0.25, 0.3) is 22.4 Å². The zero-order valence-electron chi connectivity index (χ0n) is 23.3. The Labute approximate surface area is 247 Å². The zero-order chi connectivity index (χ0) is 29.1. The van der Waals surface area contributed by atoms with Crippen molar-refractivity contribution in [2.24, 2.45) is 0 Å². The maximum atomic E-state index is 13.8. The van der Waals surface area contributed by atoms with E-state index in [0.717, 1.165) is 16.7 Å². The number of ether oxygens (including phenoxy) is 1. The maximum Gasteiger partial charge on any atom is 0.267 e. The van der Waals surface area contributed by atoms with E-state index >= 15 is 0 Å². The van der Waals surface area contributed by atoms with Gasteiger partial charge < -0.3 is 9.64 Å². The minimum Gasteiger partial charge on any atom is -0.495 e. The standard InChI is InChI=1S/C33H29N5O3S/c1-23-17-18-29(41-2)28(19-23)37-31(40)26-15-9-10-16-27(26)38-32(37)34-35-33(38)42-22-30(39)36(20-24-11-5-3-6-12-24)21-25-13-7-4-8-14-25/h3-19H,20-22H2,1-2H3. The molecule has 0 unspecified atom stereocenters. The van der Waals surface area contributed by atoms with Crippen LogP contribution in [-0.2, 0) is 17.9 Å². The van der Waals surface area contributed by atoms with Crippen molar-refractivity contribution in [3.05, 3.63) is 130 Å². The number of thioether (sulfide) groups is 1. The fraction of sp³-hybridized carbons (Fsp3) is 0.152. The van der Waals surface area contributed by atoms with Crippen molar-refractivity contribution in [2.75, 3.05) is 12.9 Å². The summed E-state index contributed by atoms with van der Waals surface area (Å²) in [5.74, 6) is 1.02. The Hall–Kier alpha value is -4.89. The quantitative estimate of drug-likeness (QED) is 0.207. The normalized spacial score (nSPS) is 11.2. The van der Waals surface area contributed by atoms with Gasteiger partial charge in [-0.1, -0.05) is 90.6 Å². The summed E-state index contributed by atoms with van der Waals surface area (Å²) in [5.41, 5.74) is 4.11. The van der Waals surface area contributed by atoms with Crippen LogP contribution in [0, 0.1) is 6.92 Å². The highest BCUT2D eigenvalue weighted by atomic mass is 32.2. The predicted octanol–water partition coefficient (Wildman–Crippen LogP) is 5.67. The van der Waals surface area contributed by atoms with Gasteiger partial charge in [0.15, 0.2) is 5.16 Å². The molecule has 0 atom stereocenters. The molecule has 1 amide bonds. The molecular weight excluding hydrogens is 546 g/mol. The van der Waals surface area contributed by atoms with Crippen LogP contribution in [0.4, 0.5) is 0 Å². The molecule has 2 heterocycles. The lowest BCUT2D eigenvalue weighted by atomic mass is 10.1. The summed E-state index contributed by atoms with van der Waals surface area (Å²) in [7, 11) is 1.57. The first kappa shape index (κ1) is 27.3. The molecule has 0 N–H and O–H groups in total. The molecule has 0 aliphatic heterocycles. The van der Waals surface area contributed by atoms with E-state index in [9.17, 15) is 9.59 Å². The Morgan fingerprint density at radius 1 is 0.857 bits per heavy atom. The van der Waals surface area contributed by atoms with Crippen molar-refractivity contribution in [1.82, 2.24) is 24.1 Å². The Balaban J connectivity index is 1.38. The molecule has 0 aliphatic carbocycles. The topological polar surface area (TPSA) is 81.7 Å². The summed E-state index contributed by atoms with van der Waals surface area (Å²) in [6.07, 6.45) is 0. The molecule has 8 nitrogen and oxygen atoms in total. The number of para-hydroxylation sites is 1. The van der Waals surface area contributed by atoms with E-state index in [1.165, 1.54) is 16.3 Å². The molecule has 42 heavy (non-hydrogen) atoms. The number of hydrogen-bond acceptors (Lipinski definition) is 6. The van der Waals surface area contributed by atoms with Crippen LogP contribution in [-0.4, -0.2) is 42.8 Å². The minimum atomic E-state index is -0.223. The fourth-order valence-corrected chi connectivity index (χ4v) is 5.86. The van der Waals surface area contributed by atoms with Crippen molar-refractivity contribution in [2.45, 2.75) is 25.2 Å². The lowest BCUT2D eigenvalue weighted by Gasteiger charge is -2.23. The highest BCUT2D eigenvalue weighted by molar-refractivity contribution is 7.99. The molecule has 2 aromatic heterocycles. The number of hydrogen-bond donors (Lipinski definition) is 0. The van der Waals surface area contributed by atoms with Gasteiger partial charge in [-0.15, -0.1) is 10.2 Å². The molecule has 9 heteroatoms. The van der Waals surface area contributed by atoms with E-state index in [2.05, 4.69) is 10.2 Å². The lowest BCUT2D eigenvalue weighted by Crippen LogP contribution is -2.31. The Morgan fingerprint density at radius 3 is 2.17 bits per heavy atom. The van der Waals surface area contributed by atoms with Gasteiger partial charge >= 0.3 is 0 Å². The molecular formula is C33H29N5O3S. The lowest BCUT2D eigenvalue weighted by molar-refractivity contribution is -0.129. The van der Waals surface area contributed by atoms with Crippen LogP contribution in [0.3, 0.4) is 0 Å². The third-order valence-electron chi connectivity index (χ3n) is 7.08. The zero-order valence-corrected chi connectivity index (χ0v) is 24.1. The van der Waals surface area contributed by atoms with Crippen molar-refractivity contribution in [3.8, 4) is 11.4 Å². The molecule has 210 valence electrons. The summed E-state index contributed by atoms with van der Waals surface area (Å²) in [5, 5.41) is 9.93. The van der Waals surface area contributed by atoms with Crippen molar-refractivity contribution < 1.29 is 9.53 Å². The van der Waals surface area contributed by atoms with E-state index in [4.69, 9.17) is 4.74 Å². The average molecular weight is 576 g/mol. The van der Waals surface area contributed by atoms with Crippen LogP contribution in [0.5, 0.6) is 5.75 Å². The van der Waals surface area contributed by atoms with Gasteiger partial charge in [0.25, 0.3) is 5.56 Å². The van der Waals surface area contributed by atoms with Gasteiger partial charge in [-0.05, 0) is 47.9 Å². The van der Waals surface area contributed by atoms with Crippen molar-refractivity contribution in [3.63, 3.8) is 0 Å². The first-order valence-corrected chi connectivity index (χ1v) is 14.5. The third-order valence-corrected chi connectivity index (χ3v) is 7.99. The molecule has 6 aromatic rings. The van der Waals surface area contributed by atoms with Crippen LogP contribution < -0.4 is 10.3 Å². The SMILES string of the molecule is COc1ccc(C)cc1-n1c(=O)c2ccccc2n2c(SCC(=O)N(Cc3ccccc3)Cc3ccccc3)nnc12. The second-order valence-electron chi connectivity index (χ2n) is 9.96. The van der Waals surface area contributed by atoms with Gasteiger partial charge in [0.1, 0.15) is 5.75 Å². The number of carbonyl (C=O) groups excluding carboxylic acids is 1. The Morgan fingerprint density at radius 2 is 1.50 bits per heavy atom. The predicted molar refractivity (Wildman–Crippen MR) is 165 cm³/mol. The number of benzene rings is 4. The van der Waals surface area contributed by atoms with Crippen LogP contribution in [0.15, 0.2) is 113 Å². The van der Waals surface area contributed by atoms with E-state index in [1.807, 2.05) is 113 Å². The fourth-order valence-electron chi connectivity index (χ4n) is 5.02. The summed E-state index contributed by atoms with van der Waals surface area (Å²) >= 11 is 1.30. The van der Waals surface area contributed by atoms with Gasteiger partial charge in [0.2, 0.25) is 11.7 Å². The molecule has 0 bridgehead atoms. The summed E-state index contributed by atoms with van der Waals surface area (Å²) in [4.78, 5) is 29.3. The molecule has 0 fully saturated rings. The number of methoxy groups -OCH3 is 1. The smallest absolute Gasteiger partial charge is 0.267 e. The number of amides is 1. The number of fused-ring (bicyclic) bond motifs is 3. The number of rotatable bonds is 9. The summed E-state index contributed by atoms with van der Waals surface area (Å²) in [6.45, 7) is 2.94. The van der Waals surface area contributed by atoms with Crippen LogP contribution in [0.2, 0.25) is 0 Å². The molecule has 0 spiro atoms. The number of nitrogens with zero attached hydrogens (tertiary/aromatic N) is 5.